The summed E-state index contributed by atoms with van der Waals surface area (Å²) in [6.45, 7) is 2.60. The molecule has 4 rings (SSSR count). The third-order valence-corrected chi connectivity index (χ3v) is 5.30. The fourth-order valence-corrected chi connectivity index (χ4v) is 3.79. The molecule has 2 aromatic rings. The predicted octanol–water partition coefficient (Wildman–Crippen LogP) is 1.80. The van der Waals surface area contributed by atoms with Crippen molar-refractivity contribution in [2.75, 3.05) is 19.7 Å². The van der Waals surface area contributed by atoms with Gasteiger partial charge in [-0.05, 0) is 24.5 Å². The van der Waals surface area contributed by atoms with Gasteiger partial charge in [-0.1, -0.05) is 6.07 Å². The van der Waals surface area contributed by atoms with Gasteiger partial charge in [-0.3, -0.25) is 14.5 Å². The fourth-order valence-electron chi connectivity index (χ4n) is 3.79. The Balaban J connectivity index is 1.28. The first kappa shape index (κ1) is 17.2. The number of carbonyl (C=O) groups is 1. The highest BCUT2D eigenvalue weighted by molar-refractivity contribution is 5.93. The fraction of sp³-hybridized carbons (Fsp3) is 0.526. The third kappa shape index (κ3) is 3.64. The van der Waals surface area contributed by atoms with Crippen LogP contribution >= 0.6 is 0 Å². The molecule has 4 heterocycles. The molecule has 0 bridgehead atoms. The summed E-state index contributed by atoms with van der Waals surface area (Å²) in [6, 6.07) is 3.93. The number of hydrogen-bond donors (Lipinski definition) is 0. The maximum Gasteiger partial charge on any atom is 0.257 e. The number of hydrogen-bond acceptors (Lipinski definition) is 5. The van der Waals surface area contributed by atoms with Gasteiger partial charge >= 0.3 is 0 Å². The molecule has 138 valence electrons. The van der Waals surface area contributed by atoms with E-state index in [-0.39, 0.29) is 17.6 Å². The number of pyridine rings is 1. The molecule has 1 atom stereocenters. The van der Waals surface area contributed by atoms with Crippen LogP contribution in [0.15, 0.2) is 36.9 Å². The summed E-state index contributed by atoms with van der Waals surface area (Å²) in [4.78, 5) is 18.5. The number of carbonyl (C=O) groups excluding carboxylic acids is 1. The van der Waals surface area contributed by atoms with Gasteiger partial charge in [0.15, 0.2) is 0 Å². The lowest BCUT2D eigenvalue weighted by atomic mass is 9.88. The topological polar surface area (TPSA) is 69.5 Å². The summed E-state index contributed by atoms with van der Waals surface area (Å²) in [5.74, 6) is 0.0512. The Labute approximate surface area is 152 Å². The van der Waals surface area contributed by atoms with Crippen LogP contribution < -0.4 is 0 Å². The van der Waals surface area contributed by atoms with E-state index in [1.807, 2.05) is 30.3 Å². The normalized spacial score (nSPS) is 22.0. The highest BCUT2D eigenvalue weighted by Crippen LogP contribution is 2.37. The van der Waals surface area contributed by atoms with Crippen molar-refractivity contribution in [2.45, 2.75) is 37.6 Å². The van der Waals surface area contributed by atoms with E-state index >= 15 is 0 Å². The zero-order valence-corrected chi connectivity index (χ0v) is 15.0. The van der Waals surface area contributed by atoms with Crippen molar-refractivity contribution < 1.29 is 14.3 Å². The molecule has 2 aliphatic rings. The number of piperidine rings is 1. The van der Waals surface area contributed by atoms with Gasteiger partial charge < -0.3 is 14.4 Å². The van der Waals surface area contributed by atoms with Gasteiger partial charge in [-0.25, -0.2) is 0 Å². The summed E-state index contributed by atoms with van der Waals surface area (Å²) in [5.41, 5.74) is 1.57. The number of likely N-dealkylation sites (tertiary alicyclic amines) is 1. The summed E-state index contributed by atoms with van der Waals surface area (Å²) in [6.07, 6.45) is 9.68. The molecular weight excluding hydrogens is 332 g/mol. The van der Waals surface area contributed by atoms with E-state index in [4.69, 9.17) is 9.47 Å². The van der Waals surface area contributed by atoms with Crippen LogP contribution in [0.25, 0.3) is 0 Å². The van der Waals surface area contributed by atoms with E-state index < -0.39 is 0 Å². The first-order chi connectivity index (χ1) is 12.6. The molecule has 2 saturated heterocycles. The molecule has 0 aromatic carbocycles. The monoisotopic (exact) mass is 356 g/mol. The number of aryl methyl sites for hydroxylation is 1. The molecule has 2 aliphatic heterocycles. The second-order valence-corrected chi connectivity index (χ2v) is 7.19. The molecular formula is C19H24N4O3. The lowest BCUT2D eigenvalue weighted by molar-refractivity contribution is -0.0412. The SMILES string of the molecule is Cn1cc(C(=O)N2CCC3(CC2)CC(OCc2cccnc2)CO3)cn1. The molecule has 7 nitrogen and oxygen atoms in total. The highest BCUT2D eigenvalue weighted by atomic mass is 16.6. The van der Waals surface area contributed by atoms with Gasteiger partial charge in [0.1, 0.15) is 0 Å². The van der Waals surface area contributed by atoms with Gasteiger partial charge in [0.25, 0.3) is 5.91 Å². The zero-order chi connectivity index (χ0) is 18.0. The largest absolute Gasteiger partial charge is 0.372 e. The molecule has 1 spiro atoms. The number of nitrogens with zero attached hydrogens (tertiary/aromatic N) is 4. The van der Waals surface area contributed by atoms with E-state index in [1.165, 1.54) is 0 Å². The third-order valence-electron chi connectivity index (χ3n) is 5.30. The van der Waals surface area contributed by atoms with E-state index in [9.17, 15) is 4.79 Å². The predicted molar refractivity (Wildman–Crippen MR) is 94.5 cm³/mol. The Morgan fingerprint density at radius 3 is 2.92 bits per heavy atom. The Morgan fingerprint density at radius 2 is 2.23 bits per heavy atom. The number of amides is 1. The van der Waals surface area contributed by atoms with Gasteiger partial charge in [-0.15, -0.1) is 0 Å². The Bertz CT molecular complexity index is 753. The van der Waals surface area contributed by atoms with Crippen LogP contribution in [0.5, 0.6) is 0 Å². The van der Waals surface area contributed by atoms with Crippen molar-refractivity contribution >= 4 is 5.91 Å². The van der Waals surface area contributed by atoms with Crippen LogP contribution in [0.2, 0.25) is 0 Å². The molecule has 2 aromatic heterocycles. The molecule has 0 N–H and O–H groups in total. The van der Waals surface area contributed by atoms with Crippen molar-refractivity contribution in [3.8, 4) is 0 Å². The molecule has 7 heteroatoms. The maximum atomic E-state index is 12.5. The molecule has 0 radical (unpaired) electrons. The minimum absolute atomic E-state index is 0.0512. The minimum atomic E-state index is -0.147. The second-order valence-electron chi connectivity index (χ2n) is 7.19. The molecule has 0 saturated carbocycles. The van der Waals surface area contributed by atoms with Crippen molar-refractivity contribution in [2.24, 2.45) is 7.05 Å². The average Bonchev–Trinajstić information content (AvgIpc) is 3.28. The first-order valence-electron chi connectivity index (χ1n) is 9.06. The number of aromatic nitrogens is 3. The zero-order valence-electron chi connectivity index (χ0n) is 15.0. The number of rotatable bonds is 4. The Hall–Kier alpha value is -2.25. The average molecular weight is 356 g/mol. The molecule has 1 unspecified atom stereocenters. The molecule has 1 amide bonds. The van der Waals surface area contributed by atoms with Crippen LogP contribution in [-0.4, -0.2) is 57.0 Å². The highest BCUT2D eigenvalue weighted by Gasteiger charge is 2.44. The van der Waals surface area contributed by atoms with E-state index in [0.29, 0.717) is 31.9 Å². The smallest absolute Gasteiger partial charge is 0.257 e. The lowest BCUT2D eigenvalue weighted by Gasteiger charge is -2.38. The van der Waals surface area contributed by atoms with Gasteiger partial charge in [0, 0.05) is 45.1 Å². The summed E-state index contributed by atoms with van der Waals surface area (Å²) in [5, 5.41) is 4.08. The Kier molecular flexibility index (Phi) is 4.74. The van der Waals surface area contributed by atoms with Crippen molar-refractivity contribution in [3.63, 3.8) is 0 Å². The van der Waals surface area contributed by atoms with Crippen LogP contribution in [-0.2, 0) is 23.1 Å². The molecule has 0 aliphatic carbocycles. The molecule has 2 fully saturated rings. The maximum absolute atomic E-state index is 12.5. The van der Waals surface area contributed by atoms with Crippen molar-refractivity contribution in [1.82, 2.24) is 19.7 Å². The van der Waals surface area contributed by atoms with E-state index in [2.05, 4.69) is 10.1 Å². The summed E-state index contributed by atoms with van der Waals surface area (Å²) < 4.78 is 13.8. The van der Waals surface area contributed by atoms with Crippen LogP contribution in [0.4, 0.5) is 0 Å². The molecule has 26 heavy (non-hydrogen) atoms. The summed E-state index contributed by atoms with van der Waals surface area (Å²) >= 11 is 0. The van der Waals surface area contributed by atoms with Crippen LogP contribution in [0, 0.1) is 0 Å². The van der Waals surface area contributed by atoms with Crippen LogP contribution in [0.1, 0.15) is 35.2 Å². The van der Waals surface area contributed by atoms with Crippen molar-refractivity contribution in [3.05, 3.63) is 48.0 Å². The minimum Gasteiger partial charge on any atom is -0.372 e. The van der Waals surface area contributed by atoms with E-state index in [1.54, 1.807) is 23.3 Å². The van der Waals surface area contributed by atoms with Crippen molar-refractivity contribution in [1.29, 1.82) is 0 Å². The Morgan fingerprint density at radius 1 is 1.38 bits per heavy atom. The van der Waals surface area contributed by atoms with E-state index in [0.717, 1.165) is 24.8 Å². The summed E-state index contributed by atoms with van der Waals surface area (Å²) in [7, 11) is 1.82. The second kappa shape index (κ2) is 7.17. The quantitative estimate of drug-likeness (QED) is 0.835. The van der Waals surface area contributed by atoms with Gasteiger partial charge in [-0.2, -0.15) is 5.10 Å². The standard InChI is InChI=1S/C19H24N4O3/c1-22-12-16(11-21-22)18(24)23-7-4-19(5-8-23)9-17(14-26-19)25-13-15-3-2-6-20-10-15/h2-3,6,10-12,17H,4-5,7-9,13-14H2,1H3. The number of ether oxygens (including phenoxy) is 2. The van der Waals surface area contributed by atoms with Crippen LogP contribution in [0.3, 0.4) is 0 Å². The van der Waals surface area contributed by atoms with Gasteiger partial charge in [0.2, 0.25) is 0 Å². The van der Waals surface area contributed by atoms with Gasteiger partial charge in [0.05, 0.1) is 36.7 Å². The first-order valence-corrected chi connectivity index (χ1v) is 9.06. The lowest BCUT2D eigenvalue weighted by Crippen LogP contribution is -2.46.